The summed E-state index contributed by atoms with van der Waals surface area (Å²) in [6.07, 6.45) is 2.85. The highest BCUT2D eigenvalue weighted by Crippen LogP contribution is 2.50. The number of methoxy groups -OCH3 is 2. The highest BCUT2D eigenvalue weighted by Gasteiger charge is 2.45. The second kappa shape index (κ2) is 7.31. The van der Waals surface area contributed by atoms with Crippen molar-refractivity contribution in [3.05, 3.63) is 47.8 Å². The number of thioether (sulfide) groups is 1. The minimum absolute atomic E-state index is 0.0140. The molecule has 0 unspecified atom stereocenters. The molecule has 4 rings (SSSR count). The van der Waals surface area contributed by atoms with Crippen molar-refractivity contribution in [2.24, 2.45) is 4.99 Å². The lowest BCUT2D eigenvalue weighted by atomic mass is 9.94. The molecule has 3 atom stereocenters. The summed E-state index contributed by atoms with van der Waals surface area (Å²) in [4.78, 5) is 12.0. The normalized spacial score (nSPS) is 23.9. The van der Waals surface area contributed by atoms with Crippen molar-refractivity contribution < 1.29 is 14.6 Å². The van der Waals surface area contributed by atoms with Gasteiger partial charge in [-0.15, -0.1) is 0 Å². The second-order valence-corrected chi connectivity index (χ2v) is 7.60. The zero-order valence-electron chi connectivity index (χ0n) is 15.6. The summed E-state index contributed by atoms with van der Waals surface area (Å²) in [7, 11) is 3.09. The Kier molecular flexibility index (Phi) is 4.86. The summed E-state index contributed by atoms with van der Waals surface area (Å²) in [6.45, 7) is 2.21. The number of pyridine rings is 1. The Balaban J connectivity index is 1.84. The Morgan fingerprint density at radius 2 is 1.96 bits per heavy atom. The monoisotopic (exact) mass is 385 g/mol. The van der Waals surface area contributed by atoms with Crippen molar-refractivity contribution in [3.63, 3.8) is 0 Å². The molecule has 3 heterocycles. The van der Waals surface area contributed by atoms with Crippen LogP contribution in [0.4, 0.5) is 0 Å². The van der Waals surface area contributed by atoms with Crippen molar-refractivity contribution in [1.82, 2.24) is 9.88 Å². The molecule has 0 radical (unpaired) electrons. The molecule has 0 bridgehead atoms. The molecule has 1 aromatic carbocycles. The second-order valence-electron chi connectivity index (χ2n) is 6.61. The predicted molar refractivity (Wildman–Crippen MR) is 107 cm³/mol. The largest absolute Gasteiger partial charge is 0.502 e. The molecule has 1 N–H and O–H groups in total. The van der Waals surface area contributed by atoms with Crippen molar-refractivity contribution in [3.8, 4) is 17.2 Å². The number of phenols is 1. The van der Waals surface area contributed by atoms with Gasteiger partial charge in [0.05, 0.1) is 26.0 Å². The highest BCUT2D eigenvalue weighted by molar-refractivity contribution is 8.14. The Hall–Kier alpha value is -2.41. The lowest BCUT2D eigenvalue weighted by Crippen LogP contribution is -2.35. The number of benzene rings is 1. The number of aliphatic imine (C=N–C) groups is 1. The van der Waals surface area contributed by atoms with Crippen LogP contribution in [0.1, 0.15) is 36.7 Å². The van der Waals surface area contributed by atoms with Crippen molar-refractivity contribution in [2.45, 2.75) is 31.5 Å². The first-order chi connectivity index (χ1) is 13.2. The van der Waals surface area contributed by atoms with Gasteiger partial charge in [0.2, 0.25) is 5.75 Å². The average molecular weight is 385 g/mol. The van der Waals surface area contributed by atoms with Crippen LogP contribution in [-0.4, -0.2) is 46.2 Å². The van der Waals surface area contributed by atoms with E-state index in [1.54, 1.807) is 32.2 Å². The number of nitrogens with zero attached hydrogens (tertiary/aromatic N) is 3. The average Bonchev–Trinajstić information content (AvgIpc) is 3.28. The molecule has 0 aliphatic carbocycles. The van der Waals surface area contributed by atoms with E-state index in [-0.39, 0.29) is 17.8 Å². The molecule has 2 aliphatic rings. The number of hydrogen-bond acceptors (Lipinski definition) is 7. The lowest BCUT2D eigenvalue weighted by molar-refractivity contribution is 0.253. The number of aromatic hydroxyl groups is 1. The van der Waals surface area contributed by atoms with E-state index >= 15 is 0 Å². The van der Waals surface area contributed by atoms with Gasteiger partial charge in [-0.3, -0.25) is 9.98 Å². The summed E-state index contributed by atoms with van der Waals surface area (Å²) in [5, 5.41) is 11.4. The van der Waals surface area contributed by atoms with Gasteiger partial charge in [-0.05, 0) is 36.2 Å². The standard InChI is InChI=1S/C20H23N3O3S/c1-4-13-11-27-20-22-17(14-7-5-6-8-21-14)18(23(13)20)12-9-15(25-2)19(24)16(10-12)26-3/h5-10,13,17-18,24H,4,11H2,1-3H3/t13-,17+,18+/m1/s1. The molecule has 1 saturated heterocycles. The number of ether oxygens (including phenoxy) is 2. The van der Waals surface area contributed by atoms with Crippen LogP contribution in [0.5, 0.6) is 17.2 Å². The van der Waals surface area contributed by atoms with Crippen LogP contribution < -0.4 is 9.47 Å². The van der Waals surface area contributed by atoms with Crippen LogP contribution >= 0.6 is 11.8 Å². The van der Waals surface area contributed by atoms with Gasteiger partial charge in [-0.2, -0.15) is 0 Å². The predicted octanol–water partition coefficient (Wildman–Crippen LogP) is 3.78. The van der Waals surface area contributed by atoms with Crippen LogP contribution in [0.15, 0.2) is 41.5 Å². The van der Waals surface area contributed by atoms with E-state index in [4.69, 9.17) is 14.5 Å². The molecule has 0 amide bonds. The molecule has 27 heavy (non-hydrogen) atoms. The molecule has 2 aromatic rings. The molecular formula is C20H23N3O3S. The van der Waals surface area contributed by atoms with Gasteiger partial charge >= 0.3 is 0 Å². The van der Waals surface area contributed by atoms with Gasteiger partial charge in [0.25, 0.3) is 0 Å². The van der Waals surface area contributed by atoms with Crippen LogP contribution in [0.3, 0.4) is 0 Å². The van der Waals surface area contributed by atoms with E-state index in [9.17, 15) is 5.11 Å². The summed E-state index contributed by atoms with van der Waals surface area (Å²) in [5.74, 6) is 1.85. The van der Waals surface area contributed by atoms with E-state index in [2.05, 4.69) is 16.8 Å². The van der Waals surface area contributed by atoms with Crippen LogP contribution in [-0.2, 0) is 0 Å². The Morgan fingerprint density at radius 1 is 1.22 bits per heavy atom. The van der Waals surface area contributed by atoms with E-state index < -0.39 is 0 Å². The zero-order chi connectivity index (χ0) is 19.0. The number of fused-ring (bicyclic) bond motifs is 1. The molecule has 0 spiro atoms. The topological polar surface area (TPSA) is 67.2 Å². The number of hydrogen-bond donors (Lipinski definition) is 1. The van der Waals surface area contributed by atoms with Gasteiger partial charge in [-0.25, -0.2) is 0 Å². The fourth-order valence-electron chi connectivity index (χ4n) is 3.79. The minimum atomic E-state index is -0.109. The van der Waals surface area contributed by atoms with Crippen molar-refractivity contribution >= 4 is 16.9 Å². The van der Waals surface area contributed by atoms with Gasteiger partial charge < -0.3 is 19.5 Å². The van der Waals surface area contributed by atoms with Crippen LogP contribution in [0.2, 0.25) is 0 Å². The van der Waals surface area contributed by atoms with E-state index in [0.717, 1.165) is 28.6 Å². The number of phenolic OH excluding ortho intramolecular Hbond substituents is 1. The Labute approximate surface area is 163 Å². The third-order valence-corrected chi connectivity index (χ3v) is 6.30. The third kappa shape index (κ3) is 3.00. The number of amidine groups is 1. The van der Waals surface area contributed by atoms with E-state index in [1.165, 1.54) is 0 Å². The Morgan fingerprint density at radius 3 is 2.56 bits per heavy atom. The third-order valence-electron chi connectivity index (χ3n) is 5.17. The summed E-state index contributed by atoms with van der Waals surface area (Å²) < 4.78 is 10.8. The maximum absolute atomic E-state index is 10.3. The molecule has 1 fully saturated rings. The summed E-state index contributed by atoms with van der Waals surface area (Å²) in [6, 6.07) is 9.98. The SMILES string of the molecule is CC[C@@H]1CSC2=N[C@@H](c3ccccn3)[C@H](c3cc(OC)c(O)c(OC)c3)N21. The van der Waals surface area contributed by atoms with E-state index in [0.29, 0.717) is 17.5 Å². The number of aromatic nitrogens is 1. The molecule has 7 heteroatoms. The van der Waals surface area contributed by atoms with E-state index in [1.807, 2.05) is 30.3 Å². The maximum atomic E-state index is 10.3. The summed E-state index contributed by atoms with van der Waals surface area (Å²) >= 11 is 1.80. The molecule has 142 valence electrons. The fourth-order valence-corrected chi connectivity index (χ4v) is 5.13. The van der Waals surface area contributed by atoms with Gasteiger partial charge in [0.15, 0.2) is 16.7 Å². The molecule has 2 aliphatic heterocycles. The first-order valence-corrected chi connectivity index (χ1v) is 10.0. The molecule has 6 nitrogen and oxygen atoms in total. The smallest absolute Gasteiger partial charge is 0.200 e. The van der Waals surface area contributed by atoms with Gasteiger partial charge in [-0.1, -0.05) is 24.8 Å². The van der Waals surface area contributed by atoms with Crippen molar-refractivity contribution in [2.75, 3.05) is 20.0 Å². The first kappa shape index (κ1) is 18.0. The quantitative estimate of drug-likeness (QED) is 0.845. The molecule has 0 saturated carbocycles. The Bertz CT molecular complexity index is 834. The molecular weight excluding hydrogens is 362 g/mol. The minimum Gasteiger partial charge on any atom is -0.502 e. The first-order valence-electron chi connectivity index (χ1n) is 9.02. The number of rotatable bonds is 5. The van der Waals surface area contributed by atoms with Crippen molar-refractivity contribution in [1.29, 1.82) is 0 Å². The summed E-state index contributed by atoms with van der Waals surface area (Å²) in [5.41, 5.74) is 1.93. The van der Waals surface area contributed by atoms with Gasteiger partial charge in [0, 0.05) is 18.0 Å². The fraction of sp³-hybridized carbons (Fsp3) is 0.400. The zero-order valence-corrected chi connectivity index (χ0v) is 16.4. The highest BCUT2D eigenvalue weighted by atomic mass is 32.2. The van der Waals surface area contributed by atoms with Crippen LogP contribution in [0, 0.1) is 0 Å². The lowest BCUT2D eigenvalue weighted by Gasteiger charge is -2.32. The van der Waals surface area contributed by atoms with Crippen LogP contribution in [0.25, 0.3) is 0 Å². The maximum Gasteiger partial charge on any atom is 0.200 e. The molecule has 1 aromatic heterocycles. The van der Waals surface area contributed by atoms with Gasteiger partial charge in [0.1, 0.15) is 6.04 Å².